The Labute approximate surface area is 402 Å². The molecule has 0 unspecified atom stereocenters. The van der Waals surface area contributed by atoms with Crippen LogP contribution in [0.25, 0.3) is 21.5 Å². The Morgan fingerprint density at radius 1 is 0.639 bits per heavy atom. The second-order valence-electron chi connectivity index (χ2n) is 19.0. The number of alkyl halides is 18. The average Bonchev–Trinajstić information content (AvgIpc) is 3.50. The van der Waals surface area contributed by atoms with Gasteiger partial charge in [-0.15, -0.1) is 0 Å². The molecule has 1 aliphatic carbocycles. The summed E-state index contributed by atoms with van der Waals surface area (Å²) in [7, 11) is 0. The van der Waals surface area contributed by atoms with Crippen LogP contribution in [0.15, 0.2) is 132 Å². The minimum absolute atomic E-state index is 0.0666. The van der Waals surface area contributed by atoms with Gasteiger partial charge in [0.15, 0.2) is 0 Å². The van der Waals surface area contributed by atoms with Gasteiger partial charge in [0.2, 0.25) is 0 Å². The molecule has 1 heterocycles. The fourth-order valence-electron chi connectivity index (χ4n) is 9.32. The molecule has 0 atom stereocenters. The molecule has 4 aromatic rings. The molecule has 0 aromatic heterocycles. The molecule has 2 aliphatic rings. The summed E-state index contributed by atoms with van der Waals surface area (Å²) in [5.74, 6) is -39.3. The molecule has 0 amide bonds. The van der Waals surface area contributed by atoms with Gasteiger partial charge in [0.25, 0.3) is 0 Å². The summed E-state index contributed by atoms with van der Waals surface area (Å²) in [5, 5.41) is 5.06. The van der Waals surface area contributed by atoms with Gasteiger partial charge in [0.1, 0.15) is 0 Å². The molecule has 0 bridgehead atoms. The molecule has 0 saturated carbocycles. The maximum atomic E-state index is 15.1. The number of nitrogens with zero attached hydrogens (tertiary/aromatic N) is 1. The standard InChI is InChI=1S/C52H48F18N2/c1-30(43(3,4)41-36-16-9-7-12-34(36)20-23-38(41)71-28-26-45(53,54)47(57,58)49(61,62)51(65,66)67)18-19-32-14-11-15-33(31(32)2)22-25-40-44(5,6)42-37-17-10-8-13-35(37)21-24-39(42)72(40)29-27-46(55,56)48(59,60)50(63,64)52(68,69)70/h7-10,12-13,16-25,71H,1,11,14-15,26-29H2,2-6H3/b19-18+,33-22+,40-25+. The van der Waals surface area contributed by atoms with Crippen molar-refractivity contribution in [2.24, 2.45) is 0 Å². The van der Waals surface area contributed by atoms with Crippen molar-refractivity contribution in [2.75, 3.05) is 23.3 Å². The largest absolute Gasteiger partial charge is 0.460 e. The molecule has 0 radical (unpaired) electrons. The number of benzene rings is 4. The fourth-order valence-corrected chi connectivity index (χ4v) is 9.32. The van der Waals surface area contributed by atoms with Crippen molar-refractivity contribution in [3.8, 4) is 0 Å². The molecule has 1 aliphatic heterocycles. The van der Waals surface area contributed by atoms with E-state index in [2.05, 4.69) is 11.9 Å². The van der Waals surface area contributed by atoms with Gasteiger partial charge in [-0.3, -0.25) is 0 Å². The number of anilines is 2. The van der Waals surface area contributed by atoms with Crippen LogP contribution in [-0.2, 0) is 10.8 Å². The van der Waals surface area contributed by atoms with Crippen LogP contribution in [0.3, 0.4) is 0 Å². The van der Waals surface area contributed by atoms with Crippen LogP contribution in [0.4, 0.5) is 90.4 Å². The smallest absolute Gasteiger partial charge is 0.385 e. The molecule has 0 saturated heterocycles. The first-order valence-corrected chi connectivity index (χ1v) is 22.3. The fraction of sp³-hybridized carbons (Fsp3) is 0.423. The van der Waals surface area contributed by atoms with Crippen molar-refractivity contribution in [1.29, 1.82) is 0 Å². The highest BCUT2D eigenvalue weighted by Crippen LogP contribution is 2.57. The number of allylic oxidation sites excluding steroid dienone is 9. The van der Waals surface area contributed by atoms with Gasteiger partial charge < -0.3 is 10.2 Å². The van der Waals surface area contributed by atoms with E-state index in [9.17, 15) is 70.2 Å². The van der Waals surface area contributed by atoms with E-state index in [0.717, 1.165) is 22.1 Å². The molecule has 72 heavy (non-hydrogen) atoms. The second-order valence-corrected chi connectivity index (χ2v) is 19.0. The van der Waals surface area contributed by atoms with E-state index in [1.807, 2.05) is 0 Å². The highest BCUT2D eigenvalue weighted by Gasteiger charge is 2.82. The van der Waals surface area contributed by atoms with E-state index < -0.39 is 84.6 Å². The third kappa shape index (κ3) is 9.48. The van der Waals surface area contributed by atoms with E-state index in [4.69, 9.17) is 0 Å². The number of fused-ring (bicyclic) bond motifs is 4. The Morgan fingerprint density at radius 3 is 1.72 bits per heavy atom. The van der Waals surface area contributed by atoms with Crippen LogP contribution in [0, 0.1) is 0 Å². The van der Waals surface area contributed by atoms with Gasteiger partial charge in [-0.05, 0) is 99.4 Å². The van der Waals surface area contributed by atoms with Gasteiger partial charge in [0.05, 0.1) is 0 Å². The van der Waals surface area contributed by atoms with Gasteiger partial charge >= 0.3 is 47.9 Å². The van der Waals surface area contributed by atoms with E-state index >= 15 is 8.78 Å². The zero-order valence-electron chi connectivity index (χ0n) is 39.1. The Bertz CT molecular complexity index is 2840. The molecular formula is C52H48F18N2. The molecule has 1 N–H and O–H groups in total. The Balaban J connectivity index is 1.32. The van der Waals surface area contributed by atoms with E-state index in [-0.39, 0.29) is 17.1 Å². The molecule has 0 spiro atoms. The number of nitrogens with one attached hydrogen (secondary N) is 1. The average molecular weight is 1040 g/mol. The van der Waals surface area contributed by atoms with Crippen molar-refractivity contribution in [1.82, 2.24) is 0 Å². The maximum Gasteiger partial charge on any atom is 0.460 e. The lowest BCUT2D eigenvalue weighted by Crippen LogP contribution is -2.61. The Hall–Kier alpha value is -5.56. The predicted octanol–water partition coefficient (Wildman–Crippen LogP) is 17.6. The summed E-state index contributed by atoms with van der Waals surface area (Å²) in [6.45, 7) is 10.6. The van der Waals surface area contributed by atoms with Crippen LogP contribution in [0.2, 0.25) is 0 Å². The third-order valence-electron chi connectivity index (χ3n) is 13.7. The predicted molar refractivity (Wildman–Crippen MR) is 242 cm³/mol. The first-order chi connectivity index (χ1) is 32.9. The monoisotopic (exact) mass is 1040 g/mol. The zero-order valence-corrected chi connectivity index (χ0v) is 39.1. The minimum Gasteiger partial charge on any atom is -0.385 e. The lowest BCUT2D eigenvalue weighted by Gasteiger charge is -2.35. The lowest BCUT2D eigenvalue weighted by atomic mass is 9.74. The maximum absolute atomic E-state index is 15.1. The lowest BCUT2D eigenvalue weighted by molar-refractivity contribution is -0.396. The van der Waals surface area contributed by atoms with Crippen molar-refractivity contribution in [3.63, 3.8) is 0 Å². The summed E-state index contributed by atoms with van der Waals surface area (Å²) < 4.78 is 249. The van der Waals surface area contributed by atoms with Crippen LogP contribution < -0.4 is 10.2 Å². The van der Waals surface area contributed by atoms with Crippen LogP contribution in [0.5, 0.6) is 0 Å². The number of hydrogen-bond donors (Lipinski definition) is 1. The van der Waals surface area contributed by atoms with Crippen molar-refractivity contribution < 1.29 is 79.0 Å². The molecule has 2 nitrogen and oxygen atoms in total. The number of rotatable bonds is 16. The first-order valence-electron chi connectivity index (χ1n) is 22.3. The third-order valence-corrected chi connectivity index (χ3v) is 13.7. The van der Waals surface area contributed by atoms with Gasteiger partial charge in [-0.25, -0.2) is 0 Å². The van der Waals surface area contributed by atoms with Gasteiger partial charge in [-0.2, -0.15) is 79.0 Å². The Kier molecular flexibility index (Phi) is 14.5. The van der Waals surface area contributed by atoms with Crippen LogP contribution >= 0.6 is 0 Å². The summed E-state index contributed by atoms with van der Waals surface area (Å²) in [6.07, 6.45) is -9.88. The summed E-state index contributed by atoms with van der Waals surface area (Å²) in [6, 6.07) is 19.8. The van der Waals surface area contributed by atoms with E-state index in [1.54, 1.807) is 120 Å². The highest BCUT2D eigenvalue weighted by atomic mass is 19.4. The van der Waals surface area contributed by atoms with E-state index in [0.29, 0.717) is 52.1 Å². The quantitative estimate of drug-likeness (QED) is 0.0889. The van der Waals surface area contributed by atoms with Crippen LogP contribution in [0.1, 0.15) is 77.8 Å². The Morgan fingerprint density at radius 2 is 1.15 bits per heavy atom. The molecular weight excluding hydrogens is 995 g/mol. The van der Waals surface area contributed by atoms with E-state index in [1.165, 1.54) is 17.0 Å². The minimum atomic E-state index is -7.05. The first kappa shape index (κ1) is 55.7. The summed E-state index contributed by atoms with van der Waals surface area (Å²) in [4.78, 5) is 1.22. The van der Waals surface area contributed by atoms with Crippen molar-refractivity contribution in [3.05, 3.63) is 143 Å². The number of hydrogen-bond acceptors (Lipinski definition) is 2. The number of halogens is 18. The molecule has 20 heteroatoms. The normalized spacial score (nSPS) is 18.1. The van der Waals surface area contributed by atoms with Crippen LogP contribution in [-0.4, -0.2) is 61.0 Å². The van der Waals surface area contributed by atoms with Crippen molar-refractivity contribution >= 4 is 32.9 Å². The van der Waals surface area contributed by atoms with Gasteiger partial charge in [-0.1, -0.05) is 113 Å². The summed E-state index contributed by atoms with van der Waals surface area (Å²) in [5.41, 5.74) is 2.00. The zero-order chi connectivity index (χ0) is 54.1. The molecule has 6 rings (SSSR count). The SMILES string of the molecule is C=C(/C=C/C1=C(C)C(=C/C=C2/N(CCC(F)(F)C(F)(F)C(F)(F)C(F)(F)F)c3ccc4ccccc4c3C2(C)C)/CCC1)C(C)(C)c1c(NCCC(F)(F)C(F)(F)C(F)(F)C(F)(F)F)ccc2ccccc12. The molecule has 0 fully saturated rings. The highest BCUT2D eigenvalue weighted by molar-refractivity contribution is 5.95. The van der Waals surface area contributed by atoms with Gasteiger partial charge in [0, 0.05) is 53.8 Å². The second kappa shape index (κ2) is 18.7. The molecule has 392 valence electrons. The molecule has 4 aromatic carbocycles. The topological polar surface area (TPSA) is 15.3 Å². The summed E-state index contributed by atoms with van der Waals surface area (Å²) >= 11 is 0. The van der Waals surface area contributed by atoms with Crippen molar-refractivity contribution in [2.45, 2.75) is 125 Å².